The van der Waals surface area contributed by atoms with Crippen molar-refractivity contribution >= 4 is 5.97 Å². The van der Waals surface area contributed by atoms with Gasteiger partial charge in [-0.25, -0.2) is 0 Å². The van der Waals surface area contributed by atoms with Gasteiger partial charge in [-0.05, 0) is 32.3 Å². The molecule has 0 amide bonds. The highest BCUT2D eigenvalue weighted by Crippen LogP contribution is 2.11. The third-order valence-corrected chi connectivity index (χ3v) is 2.68. The Morgan fingerprint density at radius 1 is 1.31 bits per heavy atom. The third-order valence-electron chi connectivity index (χ3n) is 2.68. The lowest BCUT2D eigenvalue weighted by molar-refractivity contribution is -0.147. The summed E-state index contributed by atoms with van der Waals surface area (Å²) in [6, 6.07) is 8.44. The van der Waals surface area contributed by atoms with E-state index in [0.717, 1.165) is 12.8 Å². The smallest absolute Gasteiger partial charge is 0.308 e. The van der Waals surface area contributed by atoms with Crippen LogP contribution in [0.3, 0.4) is 0 Å². The molecular weight excluding hydrogens is 200 g/mol. The van der Waals surface area contributed by atoms with E-state index in [0.29, 0.717) is 6.61 Å². The van der Waals surface area contributed by atoms with Crippen molar-refractivity contribution in [2.75, 3.05) is 6.61 Å². The topological polar surface area (TPSA) is 26.3 Å². The van der Waals surface area contributed by atoms with Crippen molar-refractivity contribution in [2.45, 2.75) is 33.6 Å². The quantitative estimate of drug-likeness (QED) is 0.713. The van der Waals surface area contributed by atoms with Gasteiger partial charge in [0, 0.05) is 0 Å². The molecule has 1 aromatic carbocycles. The summed E-state index contributed by atoms with van der Waals surface area (Å²) in [4.78, 5) is 11.4. The van der Waals surface area contributed by atoms with E-state index < -0.39 is 0 Å². The molecule has 0 saturated carbocycles. The second kappa shape index (κ2) is 6.31. The van der Waals surface area contributed by atoms with Crippen LogP contribution in [-0.4, -0.2) is 12.6 Å². The van der Waals surface area contributed by atoms with E-state index >= 15 is 0 Å². The van der Waals surface area contributed by atoms with Crippen molar-refractivity contribution in [3.63, 3.8) is 0 Å². The third kappa shape index (κ3) is 4.05. The Morgan fingerprint density at radius 3 is 2.50 bits per heavy atom. The van der Waals surface area contributed by atoms with Crippen LogP contribution in [0.25, 0.3) is 0 Å². The summed E-state index contributed by atoms with van der Waals surface area (Å²) < 4.78 is 4.97. The Balaban J connectivity index is 2.39. The molecule has 0 fully saturated rings. The molecule has 0 aliphatic carbocycles. The second-order valence-corrected chi connectivity index (χ2v) is 4.18. The lowest BCUT2D eigenvalue weighted by Gasteiger charge is -2.10. The van der Waals surface area contributed by atoms with E-state index in [1.807, 2.05) is 13.8 Å². The van der Waals surface area contributed by atoms with Crippen LogP contribution in [0.2, 0.25) is 0 Å². The van der Waals surface area contributed by atoms with Crippen LogP contribution in [0.15, 0.2) is 24.3 Å². The number of rotatable bonds is 5. The molecule has 0 radical (unpaired) electrons. The first kappa shape index (κ1) is 12.8. The summed E-state index contributed by atoms with van der Waals surface area (Å²) in [6.07, 6.45) is 1.78. The van der Waals surface area contributed by atoms with Crippen LogP contribution >= 0.6 is 0 Å². The Hall–Kier alpha value is -1.31. The summed E-state index contributed by atoms with van der Waals surface area (Å²) in [7, 11) is 0. The summed E-state index contributed by atoms with van der Waals surface area (Å²) in [5, 5.41) is 0. The van der Waals surface area contributed by atoms with Gasteiger partial charge in [0.15, 0.2) is 0 Å². The zero-order chi connectivity index (χ0) is 12.0. The van der Waals surface area contributed by atoms with Crippen LogP contribution in [0, 0.1) is 12.8 Å². The Labute approximate surface area is 97.6 Å². The molecule has 1 rings (SSSR count). The minimum absolute atomic E-state index is 0.0127. The molecule has 0 aliphatic rings. The van der Waals surface area contributed by atoms with Gasteiger partial charge >= 0.3 is 5.97 Å². The maximum Gasteiger partial charge on any atom is 0.308 e. The number of hydrogen-bond donors (Lipinski definition) is 0. The van der Waals surface area contributed by atoms with Gasteiger partial charge in [-0.1, -0.05) is 36.8 Å². The minimum Gasteiger partial charge on any atom is -0.466 e. The monoisotopic (exact) mass is 220 g/mol. The molecule has 0 aliphatic heterocycles. The first-order chi connectivity index (χ1) is 7.63. The van der Waals surface area contributed by atoms with Crippen LogP contribution in [-0.2, 0) is 16.0 Å². The van der Waals surface area contributed by atoms with Crippen LogP contribution in [0.5, 0.6) is 0 Å². The summed E-state index contributed by atoms with van der Waals surface area (Å²) in [5.74, 6) is -0.101. The first-order valence-electron chi connectivity index (χ1n) is 5.85. The molecule has 2 heteroatoms. The molecule has 1 aromatic rings. The van der Waals surface area contributed by atoms with E-state index in [4.69, 9.17) is 4.74 Å². The highest BCUT2D eigenvalue weighted by atomic mass is 16.5. The molecular formula is C14H20O2. The van der Waals surface area contributed by atoms with E-state index in [9.17, 15) is 4.79 Å². The summed E-state index contributed by atoms with van der Waals surface area (Å²) >= 11 is 0. The van der Waals surface area contributed by atoms with Gasteiger partial charge in [-0.3, -0.25) is 4.79 Å². The molecule has 88 valence electrons. The first-order valence-corrected chi connectivity index (χ1v) is 5.85. The number of benzene rings is 1. The molecule has 0 saturated heterocycles. The largest absolute Gasteiger partial charge is 0.466 e. The molecule has 0 aromatic heterocycles. The fourth-order valence-electron chi connectivity index (χ4n) is 1.54. The Morgan fingerprint density at radius 2 is 1.94 bits per heavy atom. The fourth-order valence-corrected chi connectivity index (χ4v) is 1.54. The van der Waals surface area contributed by atoms with Crippen LogP contribution < -0.4 is 0 Å². The normalized spacial score (nSPS) is 12.2. The molecule has 0 heterocycles. The van der Waals surface area contributed by atoms with Gasteiger partial charge in [0.25, 0.3) is 0 Å². The Kier molecular flexibility index (Phi) is 5.03. The second-order valence-electron chi connectivity index (χ2n) is 4.18. The van der Waals surface area contributed by atoms with Crippen molar-refractivity contribution in [3.8, 4) is 0 Å². The van der Waals surface area contributed by atoms with Crippen molar-refractivity contribution in [1.82, 2.24) is 0 Å². The number of ether oxygens (including phenoxy) is 1. The zero-order valence-electron chi connectivity index (χ0n) is 10.3. The average Bonchev–Trinajstić information content (AvgIpc) is 2.28. The molecule has 1 unspecified atom stereocenters. The Bertz CT molecular complexity index is 327. The van der Waals surface area contributed by atoms with Gasteiger partial charge < -0.3 is 4.74 Å². The lowest BCUT2D eigenvalue weighted by Crippen LogP contribution is -2.15. The van der Waals surface area contributed by atoms with Crippen molar-refractivity contribution in [1.29, 1.82) is 0 Å². The molecule has 1 atom stereocenters. The van der Waals surface area contributed by atoms with Crippen molar-refractivity contribution in [3.05, 3.63) is 35.4 Å². The highest BCUT2D eigenvalue weighted by Gasteiger charge is 2.13. The van der Waals surface area contributed by atoms with Crippen LogP contribution in [0.4, 0.5) is 0 Å². The SMILES string of the molecule is CCOC(=O)C(C)CCc1ccc(C)cc1. The number of carbonyl (C=O) groups is 1. The molecule has 0 N–H and O–H groups in total. The number of esters is 1. The maximum absolute atomic E-state index is 11.4. The molecule has 0 spiro atoms. The summed E-state index contributed by atoms with van der Waals surface area (Å²) in [5.41, 5.74) is 2.55. The number of aryl methyl sites for hydroxylation is 2. The average molecular weight is 220 g/mol. The van der Waals surface area contributed by atoms with Gasteiger partial charge in [-0.15, -0.1) is 0 Å². The highest BCUT2D eigenvalue weighted by molar-refractivity contribution is 5.71. The van der Waals surface area contributed by atoms with E-state index in [1.165, 1.54) is 11.1 Å². The van der Waals surface area contributed by atoms with E-state index in [-0.39, 0.29) is 11.9 Å². The number of hydrogen-bond acceptors (Lipinski definition) is 2. The van der Waals surface area contributed by atoms with Crippen molar-refractivity contribution in [2.24, 2.45) is 5.92 Å². The van der Waals surface area contributed by atoms with E-state index in [1.54, 1.807) is 0 Å². The van der Waals surface area contributed by atoms with Gasteiger partial charge in [0.1, 0.15) is 0 Å². The van der Waals surface area contributed by atoms with Gasteiger partial charge in [-0.2, -0.15) is 0 Å². The van der Waals surface area contributed by atoms with Gasteiger partial charge in [0.05, 0.1) is 12.5 Å². The van der Waals surface area contributed by atoms with E-state index in [2.05, 4.69) is 31.2 Å². The summed E-state index contributed by atoms with van der Waals surface area (Å²) in [6.45, 7) is 6.30. The maximum atomic E-state index is 11.4. The minimum atomic E-state index is -0.0883. The van der Waals surface area contributed by atoms with Crippen molar-refractivity contribution < 1.29 is 9.53 Å². The zero-order valence-corrected chi connectivity index (χ0v) is 10.3. The molecule has 2 nitrogen and oxygen atoms in total. The fraction of sp³-hybridized carbons (Fsp3) is 0.500. The van der Waals surface area contributed by atoms with Gasteiger partial charge in [0.2, 0.25) is 0 Å². The van der Waals surface area contributed by atoms with Crippen LogP contribution in [0.1, 0.15) is 31.4 Å². The lowest BCUT2D eigenvalue weighted by atomic mass is 10.0. The molecule has 16 heavy (non-hydrogen) atoms. The predicted molar refractivity (Wildman–Crippen MR) is 65.3 cm³/mol. The standard InChI is InChI=1S/C14H20O2/c1-4-16-14(15)12(3)7-10-13-8-5-11(2)6-9-13/h5-6,8-9,12H,4,7,10H2,1-3H3. The predicted octanol–water partition coefficient (Wildman–Crippen LogP) is 3.13. The number of carbonyl (C=O) groups excluding carboxylic acids is 1. The molecule has 0 bridgehead atoms.